The molecule has 0 saturated carbocycles. The average Bonchev–Trinajstić information content (AvgIpc) is 2.61. The normalized spacial score (nSPS) is 27.3. The summed E-state index contributed by atoms with van der Waals surface area (Å²) < 4.78 is 0. The highest BCUT2D eigenvalue weighted by Gasteiger charge is 2.33. The molecule has 27 heavy (non-hydrogen) atoms. The van der Waals surface area contributed by atoms with E-state index in [-0.39, 0.29) is 0 Å². The summed E-state index contributed by atoms with van der Waals surface area (Å²) in [5.74, 6) is 2.00. The molecule has 3 aliphatic heterocycles. The van der Waals surface area contributed by atoms with Gasteiger partial charge < -0.3 is 4.90 Å². The molecule has 0 bridgehead atoms. The SMILES string of the molecule is CC(C)(C)N1CCC(CC2CCN(C3CCN(C(C)(C)C)CC3)CC2)CC1. The smallest absolute Gasteiger partial charge is 0.0125 e. The van der Waals surface area contributed by atoms with Crippen LogP contribution >= 0.6 is 0 Å². The van der Waals surface area contributed by atoms with Gasteiger partial charge in [0.15, 0.2) is 0 Å². The maximum absolute atomic E-state index is 2.85. The van der Waals surface area contributed by atoms with Crippen molar-refractivity contribution in [3.8, 4) is 0 Å². The van der Waals surface area contributed by atoms with Gasteiger partial charge in [-0.25, -0.2) is 0 Å². The van der Waals surface area contributed by atoms with Crippen LogP contribution in [-0.2, 0) is 0 Å². The number of hydrogen-bond acceptors (Lipinski definition) is 3. The minimum atomic E-state index is 0.348. The Hall–Kier alpha value is -0.120. The first-order valence-corrected chi connectivity index (χ1v) is 11.9. The van der Waals surface area contributed by atoms with E-state index in [2.05, 4.69) is 56.2 Å². The summed E-state index contributed by atoms with van der Waals surface area (Å²) in [6.07, 6.45) is 10.1. The minimum Gasteiger partial charge on any atom is -0.300 e. The van der Waals surface area contributed by atoms with Crippen molar-refractivity contribution >= 4 is 0 Å². The summed E-state index contributed by atoms with van der Waals surface area (Å²) in [5, 5.41) is 0. The van der Waals surface area contributed by atoms with Gasteiger partial charge in [0.1, 0.15) is 0 Å². The average molecular weight is 378 g/mol. The Morgan fingerprint density at radius 1 is 0.556 bits per heavy atom. The number of nitrogens with zero attached hydrogens (tertiary/aromatic N) is 3. The number of hydrogen-bond donors (Lipinski definition) is 0. The predicted molar refractivity (Wildman–Crippen MR) is 117 cm³/mol. The first-order valence-electron chi connectivity index (χ1n) is 11.9. The quantitative estimate of drug-likeness (QED) is 0.695. The molecule has 0 N–H and O–H groups in total. The van der Waals surface area contributed by atoms with Crippen LogP contribution in [-0.4, -0.2) is 71.1 Å². The molecule has 3 saturated heterocycles. The van der Waals surface area contributed by atoms with Gasteiger partial charge in [-0.1, -0.05) is 0 Å². The second kappa shape index (κ2) is 8.71. The molecule has 0 atom stereocenters. The first kappa shape index (κ1) is 21.6. The number of piperidine rings is 3. The fourth-order valence-electron chi connectivity index (χ4n) is 5.77. The Balaban J connectivity index is 1.35. The van der Waals surface area contributed by atoms with Crippen LogP contribution in [0.3, 0.4) is 0 Å². The Labute approximate surface area is 169 Å². The van der Waals surface area contributed by atoms with E-state index >= 15 is 0 Å². The lowest BCUT2D eigenvalue weighted by Crippen LogP contribution is -2.52. The summed E-state index contributed by atoms with van der Waals surface area (Å²) in [6, 6.07) is 0.861. The van der Waals surface area contributed by atoms with Crippen LogP contribution in [0.5, 0.6) is 0 Å². The van der Waals surface area contributed by atoms with Crippen molar-refractivity contribution in [2.75, 3.05) is 39.3 Å². The molecule has 3 rings (SSSR count). The molecule has 3 heteroatoms. The Bertz CT molecular complexity index is 437. The third-order valence-electron chi connectivity index (χ3n) is 7.81. The van der Waals surface area contributed by atoms with Crippen molar-refractivity contribution < 1.29 is 0 Å². The summed E-state index contributed by atoms with van der Waals surface area (Å²) in [5.41, 5.74) is 0.708. The van der Waals surface area contributed by atoms with Crippen LogP contribution in [0.2, 0.25) is 0 Å². The van der Waals surface area contributed by atoms with E-state index in [1.165, 1.54) is 84.2 Å². The lowest BCUT2D eigenvalue weighted by molar-refractivity contribution is 0.0356. The third kappa shape index (κ3) is 5.93. The largest absolute Gasteiger partial charge is 0.300 e. The van der Waals surface area contributed by atoms with E-state index in [1.807, 2.05) is 0 Å². The highest BCUT2D eigenvalue weighted by molar-refractivity contribution is 4.88. The second-order valence-electron chi connectivity index (χ2n) is 11.7. The molecular weight excluding hydrogens is 330 g/mol. The van der Waals surface area contributed by atoms with Gasteiger partial charge in [0.2, 0.25) is 0 Å². The van der Waals surface area contributed by atoms with Crippen LogP contribution in [0.1, 0.15) is 86.5 Å². The molecule has 0 aromatic heterocycles. The lowest BCUT2D eigenvalue weighted by atomic mass is 9.81. The Morgan fingerprint density at radius 3 is 1.33 bits per heavy atom. The fraction of sp³-hybridized carbons (Fsp3) is 1.00. The predicted octanol–water partition coefficient (Wildman–Crippen LogP) is 4.86. The molecule has 3 heterocycles. The fourth-order valence-corrected chi connectivity index (χ4v) is 5.77. The maximum Gasteiger partial charge on any atom is 0.0125 e. The third-order valence-corrected chi connectivity index (χ3v) is 7.81. The monoisotopic (exact) mass is 377 g/mol. The molecule has 3 nitrogen and oxygen atoms in total. The van der Waals surface area contributed by atoms with E-state index in [0.717, 1.165) is 17.9 Å². The Kier molecular flexibility index (Phi) is 6.97. The topological polar surface area (TPSA) is 9.72 Å². The first-order chi connectivity index (χ1) is 12.6. The van der Waals surface area contributed by atoms with Crippen molar-refractivity contribution in [2.24, 2.45) is 11.8 Å². The zero-order chi connectivity index (χ0) is 19.7. The van der Waals surface area contributed by atoms with E-state index < -0.39 is 0 Å². The second-order valence-corrected chi connectivity index (χ2v) is 11.7. The standard InChI is InChI=1S/C24H47N3/c1-23(2,3)26-15-9-21(10-16-26)19-20-7-13-25(14-8-20)22-11-17-27(18-12-22)24(4,5)6/h20-22H,7-19H2,1-6H3. The molecule has 0 aromatic carbocycles. The highest BCUT2D eigenvalue weighted by Crippen LogP contribution is 2.33. The molecule has 0 amide bonds. The van der Waals surface area contributed by atoms with Gasteiger partial charge in [-0.2, -0.15) is 0 Å². The van der Waals surface area contributed by atoms with Gasteiger partial charge in [0.05, 0.1) is 0 Å². The van der Waals surface area contributed by atoms with Crippen molar-refractivity contribution in [1.82, 2.24) is 14.7 Å². The van der Waals surface area contributed by atoms with Crippen molar-refractivity contribution in [3.63, 3.8) is 0 Å². The molecule has 3 fully saturated rings. The van der Waals surface area contributed by atoms with Crippen LogP contribution in [0.4, 0.5) is 0 Å². The van der Waals surface area contributed by atoms with Gasteiger partial charge in [0, 0.05) is 30.2 Å². The zero-order valence-electron chi connectivity index (χ0n) is 19.3. The number of likely N-dealkylation sites (tertiary alicyclic amines) is 3. The van der Waals surface area contributed by atoms with Gasteiger partial charge in [0.25, 0.3) is 0 Å². The van der Waals surface area contributed by atoms with Gasteiger partial charge in [-0.15, -0.1) is 0 Å². The van der Waals surface area contributed by atoms with E-state index in [4.69, 9.17) is 0 Å². The minimum absolute atomic E-state index is 0.348. The van der Waals surface area contributed by atoms with Crippen LogP contribution in [0.25, 0.3) is 0 Å². The van der Waals surface area contributed by atoms with Crippen molar-refractivity contribution in [3.05, 3.63) is 0 Å². The molecule has 0 aromatic rings. The summed E-state index contributed by atoms with van der Waals surface area (Å²) in [6.45, 7) is 22.2. The van der Waals surface area contributed by atoms with Crippen LogP contribution in [0, 0.1) is 11.8 Å². The lowest BCUT2D eigenvalue weighted by Gasteiger charge is -2.46. The molecule has 0 aliphatic carbocycles. The number of rotatable bonds is 3. The van der Waals surface area contributed by atoms with E-state index in [9.17, 15) is 0 Å². The summed E-state index contributed by atoms with van der Waals surface area (Å²) >= 11 is 0. The zero-order valence-corrected chi connectivity index (χ0v) is 19.3. The molecule has 0 unspecified atom stereocenters. The molecule has 0 spiro atoms. The van der Waals surface area contributed by atoms with Gasteiger partial charge in [-0.05, 0) is 125 Å². The molecule has 0 radical (unpaired) electrons. The van der Waals surface area contributed by atoms with Crippen molar-refractivity contribution in [2.45, 2.75) is 104 Å². The van der Waals surface area contributed by atoms with Crippen molar-refractivity contribution in [1.29, 1.82) is 0 Å². The molecule has 158 valence electrons. The van der Waals surface area contributed by atoms with E-state index in [1.54, 1.807) is 0 Å². The Morgan fingerprint density at radius 2 is 0.926 bits per heavy atom. The van der Waals surface area contributed by atoms with E-state index in [0.29, 0.717) is 11.1 Å². The van der Waals surface area contributed by atoms with Gasteiger partial charge in [-0.3, -0.25) is 9.80 Å². The summed E-state index contributed by atoms with van der Waals surface area (Å²) in [4.78, 5) is 8.22. The van der Waals surface area contributed by atoms with Gasteiger partial charge >= 0.3 is 0 Å². The van der Waals surface area contributed by atoms with Crippen LogP contribution < -0.4 is 0 Å². The summed E-state index contributed by atoms with van der Waals surface area (Å²) in [7, 11) is 0. The maximum atomic E-state index is 2.85. The van der Waals surface area contributed by atoms with Crippen LogP contribution in [0.15, 0.2) is 0 Å². The molecule has 3 aliphatic rings. The highest BCUT2D eigenvalue weighted by atomic mass is 15.2. The molecular formula is C24H47N3.